The van der Waals surface area contributed by atoms with E-state index in [0.29, 0.717) is 41.7 Å². The summed E-state index contributed by atoms with van der Waals surface area (Å²) in [5, 5.41) is 9.43. The van der Waals surface area contributed by atoms with Crippen molar-refractivity contribution >= 4 is 22.9 Å². The summed E-state index contributed by atoms with van der Waals surface area (Å²) in [6.45, 7) is 5.73. The third-order valence-electron chi connectivity index (χ3n) is 6.61. The van der Waals surface area contributed by atoms with Crippen LogP contribution in [-0.2, 0) is 20.1 Å². The van der Waals surface area contributed by atoms with Crippen LogP contribution in [0, 0.1) is 11.3 Å². The molecule has 11 heteroatoms. The van der Waals surface area contributed by atoms with Crippen LogP contribution in [0.25, 0.3) is 11.2 Å². The van der Waals surface area contributed by atoms with Gasteiger partial charge in [-0.25, -0.2) is 9.78 Å². The lowest BCUT2D eigenvalue weighted by Gasteiger charge is -2.31. The predicted octanol–water partition coefficient (Wildman–Crippen LogP) is 1.73. The van der Waals surface area contributed by atoms with Crippen LogP contribution in [0.4, 0.5) is 11.8 Å². The number of hydrogen-bond donors (Lipinski definition) is 1. The first-order chi connectivity index (χ1) is 17.7. The van der Waals surface area contributed by atoms with Gasteiger partial charge in [-0.15, -0.1) is 0 Å². The van der Waals surface area contributed by atoms with Gasteiger partial charge in [-0.3, -0.25) is 13.9 Å². The van der Waals surface area contributed by atoms with Gasteiger partial charge in [0.1, 0.15) is 5.82 Å². The molecule has 4 rings (SSSR count). The van der Waals surface area contributed by atoms with Gasteiger partial charge in [-0.1, -0.05) is 17.7 Å². The van der Waals surface area contributed by atoms with Gasteiger partial charge in [-0.05, 0) is 38.8 Å². The summed E-state index contributed by atoms with van der Waals surface area (Å²) in [6.07, 6.45) is 6.86. The Morgan fingerprint density at radius 2 is 2.08 bits per heavy atom. The van der Waals surface area contributed by atoms with Crippen molar-refractivity contribution in [3.05, 3.63) is 68.7 Å². The number of hydrogen-bond acceptors (Lipinski definition) is 8. The average molecular weight is 504 g/mol. The molecule has 2 N–H and O–H groups in total. The van der Waals surface area contributed by atoms with Gasteiger partial charge in [0.25, 0.3) is 5.56 Å². The van der Waals surface area contributed by atoms with E-state index in [1.165, 1.54) is 10.6 Å². The molecule has 0 aromatic carbocycles. The maximum atomic E-state index is 13.9. The summed E-state index contributed by atoms with van der Waals surface area (Å²) >= 11 is 0. The van der Waals surface area contributed by atoms with Crippen LogP contribution >= 0.6 is 0 Å². The molecule has 11 nitrogen and oxygen atoms in total. The summed E-state index contributed by atoms with van der Waals surface area (Å²) in [5.74, 6) is 1.22. The van der Waals surface area contributed by atoms with E-state index in [0.717, 1.165) is 29.5 Å². The van der Waals surface area contributed by atoms with Gasteiger partial charge in [0.2, 0.25) is 5.95 Å². The van der Waals surface area contributed by atoms with E-state index in [-0.39, 0.29) is 12.6 Å². The Hall–Kier alpha value is -4.17. The molecule has 37 heavy (non-hydrogen) atoms. The van der Waals surface area contributed by atoms with Crippen molar-refractivity contribution in [3.63, 3.8) is 0 Å². The highest BCUT2D eigenvalue weighted by Gasteiger charge is 2.26. The first-order valence-electron chi connectivity index (χ1n) is 12.3. The number of pyridine rings is 1. The fraction of sp³-hybridized carbons (Fsp3) is 0.423. The van der Waals surface area contributed by atoms with Crippen molar-refractivity contribution in [2.24, 2.45) is 12.8 Å². The van der Waals surface area contributed by atoms with Gasteiger partial charge < -0.3 is 20.1 Å². The molecule has 0 radical (unpaired) electrons. The van der Waals surface area contributed by atoms with E-state index >= 15 is 0 Å². The molecule has 0 aliphatic carbocycles. The number of imidazole rings is 1. The van der Waals surface area contributed by atoms with Crippen LogP contribution in [0.3, 0.4) is 0 Å². The fourth-order valence-electron chi connectivity index (χ4n) is 4.56. The molecule has 4 heterocycles. The van der Waals surface area contributed by atoms with Crippen LogP contribution in [-0.4, -0.2) is 49.8 Å². The molecule has 1 aliphatic rings. The van der Waals surface area contributed by atoms with Gasteiger partial charge >= 0.3 is 5.69 Å². The minimum absolute atomic E-state index is 0.0201. The Labute approximate surface area is 215 Å². The molecule has 0 bridgehead atoms. The lowest BCUT2D eigenvalue weighted by molar-refractivity contribution is 0.495. The van der Waals surface area contributed by atoms with Crippen LogP contribution in [0.15, 0.2) is 57.4 Å². The maximum absolute atomic E-state index is 13.9. The molecule has 0 spiro atoms. The van der Waals surface area contributed by atoms with Crippen molar-refractivity contribution < 1.29 is 0 Å². The largest absolute Gasteiger partial charge is 0.341 e. The second kappa shape index (κ2) is 10.8. The lowest BCUT2D eigenvalue weighted by atomic mass is 10.1. The number of nitrogens with zero attached hydrogens (tertiary/aromatic N) is 8. The van der Waals surface area contributed by atoms with Gasteiger partial charge in [0.05, 0.1) is 12.6 Å². The molecule has 0 saturated carbocycles. The Morgan fingerprint density at radius 3 is 2.73 bits per heavy atom. The van der Waals surface area contributed by atoms with Gasteiger partial charge in [-0.2, -0.15) is 10.2 Å². The van der Waals surface area contributed by atoms with E-state index in [1.807, 2.05) is 36.6 Å². The van der Waals surface area contributed by atoms with Crippen LogP contribution in [0.1, 0.15) is 26.7 Å². The Balaban J connectivity index is 1.89. The number of fused-ring (bicyclic) bond motifs is 1. The van der Waals surface area contributed by atoms with E-state index in [4.69, 9.17) is 10.7 Å². The fourth-order valence-corrected chi connectivity index (χ4v) is 4.56. The zero-order valence-electron chi connectivity index (χ0n) is 21.8. The van der Waals surface area contributed by atoms with Gasteiger partial charge in [0.15, 0.2) is 11.2 Å². The SMILES string of the molecule is CC(C)=CCn1c(N2CCCC(N)C2)nc2c1c(=O)n(CC(=CC#N)N(C)c1ccccn1)c(=O)n2C. The number of rotatable bonds is 7. The molecular formula is C26H33N9O2. The first kappa shape index (κ1) is 25.9. The first-order valence-corrected chi connectivity index (χ1v) is 12.3. The van der Waals surface area contributed by atoms with Crippen molar-refractivity contribution in [1.29, 1.82) is 5.26 Å². The van der Waals surface area contributed by atoms with Crippen LogP contribution < -0.4 is 26.8 Å². The highest BCUT2D eigenvalue weighted by atomic mass is 16.2. The Morgan fingerprint density at radius 1 is 1.30 bits per heavy atom. The molecule has 1 saturated heterocycles. The number of anilines is 2. The normalized spacial score (nSPS) is 16.1. The molecule has 1 aliphatic heterocycles. The standard InChI is InChI=1S/C26H33N9O2/c1-18(2)11-15-34-22-23(30-25(34)33-14-7-8-19(28)16-33)32(4)26(37)35(24(22)36)17-20(10-12-27)31(3)21-9-5-6-13-29-21/h5-6,9-11,13,19H,7-8,14-17,28H2,1-4H3. The van der Waals surface area contributed by atoms with Crippen molar-refractivity contribution in [2.75, 3.05) is 29.9 Å². The number of nitrogens with two attached hydrogens (primary N) is 1. The Kier molecular flexibility index (Phi) is 7.59. The summed E-state index contributed by atoms with van der Waals surface area (Å²) in [6, 6.07) is 7.46. The predicted molar refractivity (Wildman–Crippen MR) is 144 cm³/mol. The quantitative estimate of drug-likeness (QED) is 0.381. The molecule has 194 valence electrons. The van der Waals surface area contributed by atoms with Gasteiger partial charge in [0, 0.05) is 57.7 Å². The summed E-state index contributed by atoms with van der Waals surface area (Å²) < 4.78 is 4.42. The average Bonchev–Trinajstić information content (AvgIpc) is 3.28. The van der Waals surface area contributed by atoms with E-state index in [1.54, 1.807) is 37.3 Å². The molecule has 1 atom stereocenters. The zero-order valence-corrected chi connectivity index (χ0v) is 21.8. The smallest absolute Gasteiger partial charge is 0.332 e. The molecule has 3 aromatic rings. The second-order valence-electron chi connectivity index (χ2n) is 9.57. The number of aromatic nitrogens is 5. The number of allylic oxidation sites excluding steroid dienone is 4. The highest BCUT2D eigenvalue weighted by molar-refractivity contribution is 5.75. The third-order valence-corrected chi connectivity index (χ3v) is 6.61. The minimum atomic E-state index is -0.510. The monoisotopic (exact) mass is 503 g/mol. The summed E-state index contributed by atoms with van der Waals surface area (Å²) in [5.41, 5.74) is 7.49. The zero-order chi connectivity index (χ0) is 26.7. The van der Waals surface area contributed by atoms with E-state index in [2.05, 4.69) is 9.88 Å². The third kappa shape index (κ3) is 5.20. The molecule has 1 fully saturated rings. The second-order valence-corrected chi connectivity index (χ2v) is 9.57. The number of aryl methyl sites for hydroxylation is 1. The lowest BCUT2D eigenvalue weighted by Crippen LogP contribution is -2.44. The Bertz CT molecular complexity index is 1500. The number of nitriles is 1. The van der Waals surface area contributed by atoms with Crippen LogP contribution in [0.5, 0.6) is 0 Å². The van der Waals surface area contributed by atoms with Crippen molar-refractivity contribution in [2.45, 2.75) is 45.8 Å². The van der Waals surface area contributed by atoms with Crippen LogP contribution in [0.2, 0.25) is 0 Å². The number of piperidine rings is 1. The van der Waals surface area contributed by atoms with Crippen molar-refractivity contribution in [1.82, 2.24) is 23.7 Å². The molecule has 1 unspecified atom stereocenters. The highest BCUT2D eigenvalue weighted by Crippen LogP contribution is 2.23. The minimum Gasteiger partial charge on any atom is -0.341 e. The molecule has 0 amide bonds. The summed E-state index contributed by atoms with van der Waals surface area (Å²) in [7, 11) is 3.36. The van der Waals surface area contributed by atoms with Crippen molar-refractivity contribution in [3.8, 4) is 6.07 Å². The van der Waals surface area contributed by atoms with E-state index < -0.39 is 11.2 Å². The number of likely N-dealkylation sites (N-methyl/N-ethyl adjacent to an activating group) is 1. The maximum Gasteiger partial charge on any atom is 0.332 e. The molecule has 3 aromatic heterocycles. The van der Waals surface area contributed by atoms with E-state index in [9.17, 15) is 14.9 Å². The molecular weight excluding hydrogens is 470 g/mol. The topological polar surface area (TPSA) is 131 Å². The summed E-state index contributed by atoms with van der Waals surface area (Å²) in [4.78, 5) is 40.2.